The highest BCUT2D eigenvalue weighted by Crippen LogP contribution is 2.39. The Bertz CT molecular complexity index is 1030. The smallest absolute Gasteiger partial charge is 0.253 e. The number of carbonyl (C=O) groups is 1. The number of phenols is 1. The van der Waals surface area contributed by atoms with Gasteiger partial charge in [0, 0.05) is 30.8 Å². The topological polar surface area (TPSA) is 83.9 Å². The molecular weight excluding hydrogens is 390 g/mol. The van der Waals surface area contributed by atoms with Gasteiger partial charge in [0.1, 0.15) is 17.7 Å². The number of phenolic OH excluding ortho intramolecular Hbond substituents is 1. The van der Waals surface area contributed by atoms with Gasteiger partial charge in [0.25, 0.3) is 5.91 Å². The third kappa shape index (κ3) is 3.55. The minimum Gasteiger partial charge on any atom is -0.504 e. The van der Waals surface area contributed by atoms with Crippen molar-refractivity contribution in [3.8, 4) is 22.1 Å². The quantitative estimate of drug-likeness (QED) is 0.674. The van der Waals surface area contributed by atoms with Gasteiger partial charge in [0.15, 0.2) is 11.5 Å². The lowest BCUT2D eigenvalue weighted by molar-refractivity contribution is -0.146. The summed E-state index contributed by atoms with van der Waals surface area (Å²) in [4.78, 5) is 19.3. The highest BCUT2D eigenvalue weighted by atomic mass is 32.1. The molecule has 150 valence electrons. The molecule has 0 saturated carbocycles. The van der Waals surface area contributed by atoms with E-state index < -0.39 is 6.10 Å². The summed E-state index contributed by atoms with van der Waals surface area (Å²) in [6.07, 6.45) is -0.480. The van der Waals surface area contributed by atoms with Crippen molar-refractivity contribution in [3.05, 3.63) is 42.0 Å². The Kier molecular flexibility index (Phi) is 4.83. The molecule has 3 aromatic rings. The maximum Gasteiger partial charge on any atom is 0.253 e. The molecule has 29 heavy (non-hydrogen) atoms. The second-order valence-corrected chi connectivity index (χ2v) is 8.17. The maximum atomic E-state index is 12.9. The zero-order valence-corrected chi connectivity index (χ0v) is 16.6. The molecule has 2 aliphatic rings. The first-order chi connectivity index (χ1) is 14.2. The summed E-state index contributed by atoms with van der Waals surface area (Å²) in [6.45, 7) is 2.94. The molecule has 0 radical (unpaired) electrons. The molecular formula is C21H21N3O4S. The first-order valence-electron chi connectivity index (χ1n) is 9.65. The number of ether oxygens (including phenoxy) is 2. The van der Waals surface area contributed by atoms with Crippen molar-refractivity contribution in [2.75, 3.05) is 32.8 Å². The third-order valence-corrected chi connectivity index (χ3v) is 6.26. The molecule has 0 aliphatic carbocycles. The number of hydrogen-bond acceptors (Lipinski definition) is 7. The number of para-hydroxylation sites is 1. The lowest BCUT2D eigenvalue weighted by atomic mass is 10.1. The number of carbonyl (C=O) groups excluding carboxylic acids is 1. The van der Waals surface area contributed by atoms with Gasteiger partial charge < -0.3 is 24.8 Å². The zero-order chi connectivity index (χ0) is 19.8. The minimum atomic E-state index is -0.480. The largest absolute Gasteiger partial charge is 0.504 e. The van der Waals surface area contributed by atoms with Crippen molar-refractivity contribution in [2.45, 2.75) is 12.6 Å². The van der Waals surface area contributed by atoms with E-state index in [1.54, 1.807) is 22.3 Å². The molecule has 2 N–H and O–H groups in total. The second-order valence-electron chi connectivity index (χ2n) is 7.14. The molecule has 3 heterocycles. The van der Waals surface area contributed by atoms with Gasteiger partial charge in [-0.25, -0.2) is 4.98 Å². The Hall–Kier alpha value is -2.68. The van der Waals surface area contributed by atoms with E-state index in [0.29, 0.717) is 38.6 Å². The van der Waals surface area contributed by atoms with Gasteiger partial charge in [0.05, 0.1) is 23.4 Å². The van der Waals surface area contributed by atoms with Crippen LogP contribution in [0, 0.1) is 0 Å². The van der Waals surface area contributed by atoms with Crippen LogP contribution in [0.5, 0.6) is 11.5 Å². The highest BCUT2D eigenvalue weighted by molar-refractivity contribution is 7.21. The standard InChI is InChI=1S/C21H21N3O4S/c25-16-10-13(20-23-15-3-1-2-4-18(15)29-20)9-14-12-24(6-8-28-19(14)16)21(26)17-11-22-5-7-27-17/h1-4,9-10,17,22,25H,5-8,11-12H2. The van der Waals surface area contributed by atoms with E-state index in [1.165, 1.54) is 0 Å². The number of rotatable bonds is 2. The van der Waals surface area contributed by atoms with Crippen LogP contribution in [0.25, 0.3) is 20.8 Å². The first kappa shape index (κ1) is 18.4. The molecule has 2 aromatic carbocycles. The summed E-state index contributed by atoms with van der Waals surface area (Å²) in [7, 11) is 0. The number of fused-ring (bicyclic) bond motifs is 2. The number of aromatic nitrogens is 1. The van der Waals surface area contributed by atoms with E-state index in [2.05, 4.69) is 10.3 Å². The van der Waals surface area contributed by atoms with E-state index in [9.17, 15) is 9.90 Å². The van der Waals surface area contributed by atoms with Gasteiger partial charge in [-0.15, -0.1) is 11.3 Å². The van der Waals surface area contributed by atoms with Crippen molar-refractivity contribution < 1.29 is 19.4 Å². The molecule has 1 amide bonds. The van der Waals surface area contributed by atoms with E-state index in [-0.39, 0.29) is 11.7 Å². The van der Waals surface area contributed by atoms with Gasteiger partial charge in [-0.3, -0.25) is 4.79 Å². The number of aromatic hydroxyl groups is 1. The van der Waals surface area contributed by atoms with Crippen molar-refractivity contribution in [1.82, 2.24) is 15.2 Å². The molecule has 5 rings (SSSR count). The monoisotopic (exact) mass is 411 g/mol. The van der Waals surface area contributed by atoms with Gasteiger partial charge >= 0.3 is 0 Å². The van der Waals surface area contributed by atoms with Crippen molar-refractivity contribution in [2.24, 2.45) is 0 Å². The Morgan fingerprint density at radius 3 is 3.00 bits per heavy atom. The predicted octanol–water partition coefficient (Wildman–Crippen LogP) is 2.38. The molecule has 0 spiro atoms. The number of morpholine rings is 1. The minimum absolute atomic E-state index is 0.0569. The molecule has 2 aliphatic heterocycles. The fourth-order valence-corrected chi connectivity index (χ4v) is 4.69. The van der Waals surface area contributed by atoms with Crippen LogP contribution in [0.2, 0.25) is 0 Å². The maximum absolute atomic E-state index is 12.9. The number of benzene rings is 2. The van der Waals surface area contributed by atoms with Crippen LogP contribution in [0.3, 0.4) is 0 Å². The molecule has 1 atom stereocenters. The third-order valence-electron chi connectivity index (χ3n) is 5.17. The van der Waals surface area contributed by atoms with Crippen LogP contribution in [-0.4, -0.2) is 59.8 Å². The summed E-state index contributed by atoms with van der Waals surface area (Å²) in [5.74, 6) is 0.452. The fourth-order valence-electron chi connectivity index (χ4n) is 3.73. The molecule has 1 saturated heterocycles. The molecule has 1 fully saturated rings. The predicted molar refractivity (Wildman–Crippen MR) is 110 cm³/mol. The average Bonchev–Trinajstić information content (AvgIpc) is 3.07. The summed E-state index contributed by atoms with van der Waals surface area (Å²) < 4.78 is 12.5. The van der Waals surface area contributed by atoms with Crippen LogP contribution in [0.4, 0.5) is 0 Å². The lowest BCUT2D eigenvalue weighted by Crippen LogP contribution is -2.49. The lowest BCUT2D eigenvalue weighted by Gasteiger charge is -2.28. The van der Waals surface area contributed by atoms with Crippen molar-refractivity contribution in [1.29, 1.82) is 0 Å². The van der Waals surface area contributed by atoms with Crippen LogP contribution in [-0.2, 0) is 16.1 Å². The number of amides is 1. The van der Waals surface area contributed by atoms with Gasteiger partial charge in [0.2, 0.25) is 0 Å². The Morgan fingerprint density at radius 1 is 1.28 bits per heavy atom. The van der Waals surface area contributed by atoms with E-state index in [4.69, 9.17) is 9.47 Å². The summed E-state index contributed by atoms with van der Waals surface area (Å²) >= 11 is 1.57. The number of hydrogen-bond donors (Lipinski definition) is 2. The fraction of sp³-hybridized carbons (Fsp3) is 0.333. The molecule has 8 heteroatoms. The van der Waals surface area contributed by atoms with Gasteiger partial charge in [-0.1, -0.05) is 12.1 Å². The second kappa shape index (κ2) is 7.62. The van der Waals surface area contributed by atoms with Gasteiger partial charge in [-0.05, 0) is 24.3 Å². The summed E-state index contributed by atoms with van der Waals surface area (Å²) in [6, 6.07) is 11.6. The molecule has 1 unspecified atom stereocenters. The Labute approximate surface area is 171 Å². The van der Waals surface area contributed by atoms with E-state index in [0.717, 1.165) is 32.9 Å². The molecule has 1 aromatic heterocycles. The highest BCUT2D eigenvalue weighted by Gasteiger charge is 2.30. The number of nitrogens with one attached hydrogen (secondary N) is 1. The number of thiazole rings is 1. The van der Waals surface area contributed by atoms with Crippen LogP contribution in [0.15, 0.2) is 36.4 Å². The average molecular weight is 411 g/mol. The Balaban J connectivity index is 1.47. The normalized spacial score (nSPS) is 19.4. The van der Waals surface area contributed by atoms with Crippen LogP contribution >= 0.6 is 11.3 Å². The first-order valence-corrected chi connectivity index (χ1v) is 10.5. The summed E-state index contributed by atoms with van der Waals surface area (Å²) in [5.41, 5.74) is 2.52. The van der Waals surface area contributed by atoms with E-state index in [1.807, 2.05) is 30.3 Å². The van der Waals surface area contributed by atoms with Crippen molar-refractivity contribution >= 4 is 27.5 Å². The van der Waals surface area contributed by atoms with E-state index >= 15 is 0 Å². The Morgan fingerprint density at radius 2 is 2.17 bits per heavy atom. The molecule has 7 nitrogen and oxygen atoms in total. The zero-order valence-electron chi connectivity index (χ0n) is 15.8. The van der Waals surface area contributed by atoms with Gasteiger partial charge in [-0.2, -0.15) is 0 Å². The van der Waals surface area contributed by atoms with Crippen LogP contribution < -0.4 is 10.1 Å². The number of nitrogens with zero attached hydrogens (tertiary/aromatic N) is 2. The van der Waals surface area contributed by atoms with Crippen LogP contribution in [0.1, 0.15) is 5.56 Å². The molecule has 0 bridgehead atoms. The SMILES string of the molecule is O=C(C1CNCCO1)N1CCOc2c(O)cc(-c3nc4ccccc4s3)cc2C1. The summed E-state index contributed by atoms with van der Waals surface area (Å²) in [5, 5.41) is 14.6. The van der Waals surface area contributed by atoms with Crippen molar-refractivity contribution in [3.63, 3.8) is 0 Å².